The first-order chi connectivity index (χ1) is 5.79. The summed E-state index contributed by atoms with van der Waals surface area (Å²) in [5, 5.41) is 8.64. The molecule has 0 fully saturated rings. The zero-order chi connectivity index (χ0) is 8.55. The number of allylic oxidation sites excluding steroid dienone is 1. The molecule has 4 heteroatoms. The summed E-state index contributed by atoms with van der Waals surface area (Å²) in [6.07, 6.45) is 4.70. The van der Waals surface area contributed by atoms with Crippen LogP contribution in [0.15, 0.2) is 6.08 Å². The summed E-state index contributed by atoms with van der Waals surface area (Å²) in [4.78, 5) is 1.70. The van der Waals surface area contributed by atoms with Crippen LogP contribution in [0.4, 0.5) is 0 Å². The molecule has 1 aliphatic rings. The lowest BCUT2D eigenvalue weighted by atomic mass is 10.1. The molecule has 1 aromatic heterocycles. The molecule has 1 atom stereocenters. The number of fused-ring (bicyclic) bond motifs is 1. The molecule has 2 rings (SSSR count). The quantitative estimate of drug-likeness (QED) is 0.618. The Kier molecular flexibility index (Phi) is 1.89. The lowest BCUT2D eigenvalue weighted by molar-refractivity contribution is 0.563. The van der Waals surface area contributed by atoms with E-state index in [-0.39, 0.29) is 5.38 Å². The van der Waals surface area contributed by atoms with Gasteiger partial charge in [-0.25, -0.2) is 0 Å². The van der Waals surface area contributed by atoms with Crippen molar-refractivity contribution in [1.82, 2.24) is 15.0 Å². The number of hydrogen-bond donors (Lipinski definition) is 0. The number of aromatic nitrogens is 3. The van der Waals surface area contributed by atoms with Crippen molar-refractivity contribution in [2.75, 3.05) is 0 Å². The number of aryl methyl sites for hydroxylation is 1. The maximum absolute atomic E-state index is 5.93. The summed E-state index contributed by atoms with van der Waals surface area (Å²) in [6, 6.07) is 0. The average molecular weight is 184 g/mol. The van der Waals surface area contributed by atoms with Gasteiger partial charge in [0.2, 0.25) is 0 Å². The zero-order valence-electron chi connectivity index (χ0n) is 6.87. The predicted molar refractivity (Wildman–Crippen MR) is 48.1 cm³/mol. The summed E-state index contributed by atoms with van der Waals surface area (Å²) >= 11 is 5.93. The second-order valence-electron chi connectivity index (χ2n) is 2.80. The highest BCUT2D eigenvalue weighted by atomic mass is 35.5. The molecule has 1 unspecified atom stereocenters. The molecule has 0 spiro atoms. The molecule has 64 valence electrons. The first-order valence-corrected chi connectivity index (χ1v) is 4.49. The van der Waals surface area contributed by atoms with Crippen LogP contribution in [-0.4, -0.2) is 20.4 Å². The molecule has 0 aromatic carbocycles. The van der Waals surface area contributed by atoms with Gasteiger partial charge in [0, 0.05) is 6.42 Å². The molecule has 3 nitrogen and oxygen atoms in total. The first kappa shape index (κ1) is 7.80. The van der Waals surface area contributed by atoms with E-state index < -0.39 is 0 Å². The standard InChI is InChI=1S/C8H10ClN3/c1-2-12-10-7-4-3-6(9)5-8(7)11-12/h3-4,6H,2,5H2,1H3. The van der Waals surface area contributed by atoms with Gasteiger partial charge in [-0.15, -0.1) is 11.6 Å². The first-order valence-electron chi connectivity index (χ1n) is 4.06. The average Bonchev–Trinajstić information content (AvgIpc) is 2.46. The second-order valence-corrected chi connectivity index (χ2v) is 3.36. The van der Waals surface area contributed by atoms with Gasteiger partial charge in [0.15, 0.2) is 0 Å². The normalized spacial score (nSPS) is 21.0. The van der Waals surface area contributed by atoms with Gasteiger partial charge in [0.1, 0.15) is 5.69 Å². The van der Waals surface area contributed by atoms with Crippen molar-refractivity contribution in [2.24, 2.45) is 0 Å². The third-order valence-electron chi connectivity index (χ3n) is 1.89. The molecule has 1 aromatic rings. The maximum atomic E-state index is 5.93. The Morgan fingerprint density at radius 2 is 2.50 bits per heavy atom. The fourth-order valence-corrected chi connectivity index (χ4v) is 1.48. The molecule has 0 saturated carbocycles. The Bertz CT molecular complexity index is 316. The van der Waals surface area contributed by atoms with Crippen LogP contribution in [0.5, 0.6) is 0 Å². The molecule has 0 saturated heterocycles. The predicted octanol–water partition coefficient (Wildman–Crippen LogP) is 1.47. The molecule has 0 radical (unpaired) electrons. The van der Waals surface area contributed by atoms with Gasteiger partial charge in [-0.2, -0.15) is 15.0 Å². The molecule has 1 heterocycles. The van der Waals surface area contributed by atoms with Crippen molar-refractivity contribution in [3.8, 4) is 0 Å². The molecule has 0 aliphatic heterocycles. The minimum Gasteiger partial charge on any atom is -0.184 e. The molecule has 1 aliphatic carbocycles. The van der Waals surface area contributed by atoms with Gasteiger partial charge in [-0.3, -0.25) is 0 Å². The van der Waals surface area contributed by atoms with Gasteiger partial charge in [-0.05, 0) is 13.0 Å². The van der Waals surface area contributed by atoms with E-state index in [9.17, 15) is 0 Å². The zero-order valence-corrected chi connectivity index (χ0v) is 7.62. The van der Waals surface area contributed by atoms with E-state index in [0.29, 0.717) is 0 Å². The monoisotopic (exact) mass is 183 g/mol. The van der Waals surface area contributed by atoms with Crippen LogP contribution in [-0.2, 0) is 13.0 Å². The summed E-state index contributed by atoms with van der Waals surface area (Å²) in [7, 11) is 0. The van der Waals surface area contributed by atoms with Gasteiger partial charge in [-0.1, -0.05) is 6.08 Å². The van der Waals surface area contributed by atoms with E-state index >= 15 is 0 Å². The Hall–Kier alpha value is -0.830. The smallest absolute Gasteiger partial charge is 0.108 e. The minimum atomic E-state index is 0.0829. The lowest BCUT2D eigenvalue weighted by Crippen LogP contribution is -2.05. The number of alkyl halides is 1. The lowest BCUT2D eigenvalue weighted by Gasteiger charge is -2.05. The van der Waals surface area contributed by atoms with E-state index in [0.717, 1.165) is 24.4 Å². The molecular weight excluding hydrogens is 174 g/mol. The van der Waals surface area contributed by atoms with Crippen molar-refractivity contribution in [1.29, 1.82) is 0 Å². The number of halogens is 1. The van der Waals surface area contributed by atoms with Crippen LogP contribution in [0.1, 0.15) is 18.3 Å². The Labute approximate surface area is 76.0 Å². The molecule has 0 bridgehead atoms. The van der Waals surface area contributed by atoms with Gasteiger partial charge >= 0.3 is 0 Å². The van der Waals surface area contributed by atoms with E-state index in [1.54, 1.807) is 4.80 Å². The Balaban J connectivity index is 2.37. The summed E-state index contributed by atoms with van der Waals surface area (Å²) in [5.74, 6) is 0. The third kappa shape index (κ3) is 1.25. The van der Waals surface area contributed by atoms with Crippen molar-refractivity contribution >= 4 is 17.7 Å². The van der Waals surface area contributed by atoms with Crippen molar-refractivity contribution in [3.63, 3.8) is 0 Å². The topological polar surface area (TPSA) is 30.7 Å². The largest absolute Gasteiger partial charge is 0.184 e. The number of rotatable bonds is 1. The minimum absolute atomic E-state index is 0.0829. The highest BCUT2D eigenvalue weighted by molar-refractivity contribution is 6.22. The Morgan fingerprint density at radius 1 is 1.67 bits per heavy atom. The summed E-state index contributed by atoms with van der Waals surface area (Å²) < 4.78 is 0. The maximum Gasteiger partial charge on any atom is 0.108 e. The third-order valence-corrected chi connectivity index (χ3v) is 2.19. The van der Waals surface area contributed by atoms with Crippen LogP contribution in [0.3, 0.4) is 0 Å². The fourth-order valence-electron chi connectivity index (χ4n) is 1.26. The Morgan fingerprint density at radius 3 is 3.25 bits per heavy atom. The van der Waals surface area contributed by atoms with Crippen LogP contribution in [0, 0.1) is 0 Å². The van der Waals surface area contributed by atoms with E-state index in [4.69, 9.17) is 11.6 Å². The van der Waals surface area contributed by atoms with E-state index in [1.807, 2.05) is 19.1 Å². The van der Waals surface area contributed by atoms with Crippen LogP contribution < -0.4 is 0 Å². The summed E-state index contributed by atoms with van der Waals surface area (Å²) in [6.45, 7) is 2.83. The molecule has 0 amide bonds. The fraction of sp³-hybridized carbons (Fsp3) is 0.500. The van der Waals surface area contributed by atoms with E-state index in [1.165, 1.54) is 0 Å². The van der Waals surface area contributed by atoms with Gasteiger partial charge in [0.25, 0.3) is 0 Å². The molecule has 0 N–H and O–H groups in total. The highest BCUT2D eigenvalue weighted by Crippen LogP contribution is 2.18. The van der Waals surface area contributed by atoms with Crippen molar-refractivity contribution < 1.29 is 0 Å². The van der Waals surface area contributed by atoms with Crippen molar-refractivity contribution in [2.45, 2.75) is 25.3 Å². The second kappa shape index (κ2) is 2.90. The SMILES string of the molecule is CCn1nc2c(n1)CC(Cl)C=C2. The molecular formula is C8H10ClN3. The number of hydrogen-bond acceptors (Lipinski definition) is 2. The van der Waals surface area contributed by atoms with Crippen LogP contribution >= 0.6 is 11.6 Å². The van der Waals surface area contributed by atoms with Crippen LogP contribution in [0.25, 0.3) is 6.08 Å². The van der Waals surface area contributed by atoms with E-state index in [2.05, 4.69) is 10.2 Å². The van der Waals surface area contributed by atoms with Gasteiger partial charge < -0.3 is 0 Å². The number of nitrogens with zero attached hydrogens (tertiary/aromatic N) is 3. The van der Waals surface area contributed by atoms with Crippen molar-refractivity contribution in [3.05, 3.63) is 17.5 Å². The summed E-state index contributed by atoms with van der Waals surface area (Å²) in [5.41, 5.74) is 1.98. The van der Waals surface area contributed by atoms with Gasteiger partial charge in [0.05, 0.1) is 17.6 Å². The van der Waals surface area contributed by atoms with Crippen LogP contribution in [0.2, 0.25) is 0 Å². The highest BCUT2D eigenvalue weighted by Gasteiger charge is 2.15. The molecule has 12 heavy (non-hydrogen) atoms.